The monoisotopic (exact) mass is 506 g/mol. The second-order valence-corrected chi connectivity index (χ2v) is 11.4. The largest absolute Gasteiger partial charge is 0.490 e. The third-order valence-electron chi connectivity index (χ3n) is 6.47. The summed E-state index contributed by atoms with van der Waals surface area (Å²) in [5, 5.41) is 11.1. The summed E-state index contributed by atoms with van der Waals surface area (Å²) in [5.74, 6) is 1.72. The molecule has 0 saturated carbocycles. The SMILES string of the molecule is CCOc1cc(C=Nc2sc3c(c2C#N)CC[C@H](C(C)(C)C)C3)cc(Cl)c1OCc1ccccc1. The van der Waals surface area contributed by atoms with Crippen LogP contribution in [0.25, 0.3) is 0 Å². The lowest BCUT2D eigenvalue weighted by molar-refractivity contribution is 0.218. The van der Waals surface area contributed by atoms with Crippen molar-refractivity contribution in [3.63, 3.8) is 0 Å². The fraction of sp³-hybridized carbons (Fsp3) is 0.379. The lowest BCUT2D eigenvalue weighted by atomic mass is 9.72. The maximum Gasteiger partial charge on any atom is 0.180 e. The summed E-state index contributed by atoms with van der Waals surface area (Å²) < 4.78 is 11.8. The molecule has 0 aliphatic heterocycles. The van der Waals surface area contributed by atoms with Crippen molar-refractivity contribution in [3.05, 3.63) is 74.6 Å². The molecule has 0 fully saturated rings. The molecule has 0 amide bonds. The fourth-order valence-electron chi connectivity index (χ4n) is 4.45. The highest BCUT2D eigenvalue weighted by atomic mass is 35.5. The van der Waals surface area contributed by atoms with Crippen LogP contribution in [0.4, 0.5) is 5.00 Å². The molecule has 6 heteroatoms. The normalized spacial score (nSPS) is 15.6. The number of benzene rings is 2. The van der Waals surface area contributed by atoms with E-state index in [1.54, 1.807) is 17.6 Å². The Morgan fingerprint density at radius 2 is 1.97 bits per heavy atom. The van der Waals surface area contributed by atoms with Crippen LogP contribution in [0.15, 0.2) is 47.5 Å². The second-order valence-electron chi connectivity index (χ2n) is 9.90. The summed E-state index contributed by atoms with van der Waals surface area (Å²) in [6.45, 7) is 9.71. The predicted molar refractivity (Wildman–Crippen MR) is 145 cm³/mol. The minimum Gasteiger partial charge on any atom is -0.490 e. The van der Waals surface area contributed by atoms with Crippen LogP contribution >= 0.6 is 22.9 Å². The predicted octanol–water partition coefficient (Wildman–Crippen LogP) is 8.15. The summed E-state index contributed by atoms with van der Waals surface area (Å²) in [7, 11) is 0. The lowest BCUT2D eigenvalue weighted by Crippen LogP contribution is -2.26. The lowest BCUT2D eigenvalue weighted by Gasteiger charge is -2.33. The smallest absolute Gasteiger partial charge is 0.180 e. The number of rotatable bonds is 7. The summed E-state index contributed by atoms with van der Waals surface area (Å²) in [6, 6.07) is 16.0. The molecule has 0 spiro atoms. The number of ether oxygens (including phenoxy) is 2. The van der Waals surface area contributed by atoms with E-state index in [0.29, 0.717) is 41.2 Å². The Morgan fingerprint density at radius 1 is 1.20 bits per heavy atom. The maximum absolute atomic E-state index is 9.86. The van der Waals surface area contributed by atoms with Crippen LogP contribution in [-0.4, -0.2) is 12.8 Å². The molecule has 4 nitrogen and oxygen atoms in total. The number of thiophene rings is 1. The van der Waals surface area contributed by atoms with Crippen molar-refractivity contribution in [2.45, 2.75) is 53.6 Å². The zero-order valence-electron chi connectivity index (χ0n) is 20.7. The highest BCUT2D eigenvalue weighted by molar-refractivity contribution is 7.16. The van der Waals surface area contributed by atoms with Crippen molar-refractivity contribution in [2.24, 2.45) is 16.3 Å². The van der Waals surface area contributed by atoms with Crippen molar-refractivity contribution in [1.82, 2.24) is 0 Å². The third-order valence-corrected chi connectivity index (χ3v) is 7.91. The molecule has 0 saturated heterocycles. The molecule has 1 heterocycles. The Labute approximate surface area is 217 Å². The number of nitrogens with zero attached hydrogens (tertiary/aromatic N) is 2. The maximum atomic E-state index is 9.86. The molecule has 1 aromatic heterocycles. The number of hydrogen-bond acceptors (Lipinski definition) is 5. The van der Waals surface area contributed by atoms with Crippen molar-refractivity contribution >= 4 is 34.2 Å². The second kappa shape index (κ2) is 10.8. The first kappa shape index (κ1) is 25.3. The van der Waals surface area contributed by atoms with E-state index in [9.17, 15) is 5.26 Å². The Morgan fingerprint density at radius 3 is 2.66 bits per heavy atom. The molecule has 0 N–H and O–H groups in total. The van der Waals surface area contributed by atoms with Gasteiger partial charge in [0.2, 0.25) is 0 Å². The molecule has 0 unspecified atom stereocenters. The number of nitriles is 1. The van der Waals surface area contributed by atoms with Gasteiger partial charge in [0.05, 0.1) is 17.2 Å². The van der Waals surface area contributed by atoms with Crippen LogP contribution in [0.1, 0.15) is 61.2 Å². The van der Waals surface area contributed by atoms with Crippen LogP contribution in [-0.2, 0) is 19.4 Å². The fourth-order valence-corrected chi connectivity index (χ4v) is 5.94. The van der Waals surface area contributed by atoms with Crippen LogP contribution in [0.2, 0.25) is 5.02 Å². The zero-order chi connectivity index (χ0) is 25.0. The zero-order valence-corrected chi connectivity index (χ0v) is 22.3. The van der Waals surface area contributed by atoms with E-state index in [-0.39, 0.29) is 5.41 Å². The average molecular weight is 507 g/mol. The van der Waals surface area contributed by atoms with Gasteiger partial charge in [-0.15, -0.1) is 11.3 Å². The van der Waals surface area contributed by atoms with E-state index in [0.717, 1.165) is 35.4 Å². The highest BCUT2D eigenvalue weighted by Gasteiger charge is 2.32. The van der Waals surface area contributed by atoms with E-state index in [1.807, 2.05) is 49.4 Å². The first-order valence-electron chi connectivity index (χ1n) is 12.0. The first-order chi connectivity index (χ1) is 16.8. The van der Waals surface area contributed by atoms with Crippen LogP contribution in [0.5, 0.6) is 11.5 Å². The van der Waals surface area contributed by atoms with Gasteiger partial charge in [-0.3, -0.25) is 0 Å². The molecule has 182 valence electrons. The summed E-state index contributed by atoms with van der Waals surface area (Å²) in [5.41, 5.74) is 4.01. The number of fused-ring (bicyclic) bond motifs is 1. The molecule has 2 aromatic carbocycles. The minimum atomic E-state index is 0.259. The Kier molecular flexibility index (Phi) is 7.84. The van der Waals surface area contributed by atoms with Gasteiger partial charge < -0.3 is 9.47 Å². The van der Waals surface area contributed by atoms with Gasteiger partial charge in [-0.2, -0.15) is 5.26 Å². The van der Waals surface area contributed by atoms with Crippen LogP contribution in [0, 0.1) is 22.7 Å². The minimum absolute atomic E-state index is 0.259. The highest BCUT2D eigenvalue weighted by Crippen LogP contribution is 2.45. The van der Waals surface area contributed by atoms with Crippen molar-refractivity contribution in [2.75, 3.05) is 6.61 Å². The van der Waals surface area contributed by atoms with Gasteiger partial charge in [0.1, 0.15) is 17.7 Å². The van der Waals surface area contributed by atoms with Gasteiger partial charge in [0, 0.05) is 11.1 Å². The van der Waals surface area contributed by atoms with Gasteiger partial charge in [0.25, 0.3) is 0 Å². The molecular formula is C29H31ClN2O2S. The molecule has 0 radical (unpaired) electrons. The van der Waals surface area contributed by atoms with Crippen molar-refractivity contribution in [1.29, 1.82) is 5.26 Å². The summed E-state index contributed by atoms with van der Waals surface area (Å²) in [6.07, 6.45) is 4.83. The molecule has 0 bridgehead atoms. The quantitative estimate of drug-likeness (QED) is 0.304. The van der Waals surface area contributed by atoms with E-state index >= 15 is 0 Å². The van der Waals surface area contributed by atoms with Gasteiger partial charge in [-0.05, 0) is 66.3 Å². The Hall–Kier alpha value is -2.81. The molecule has 4 rings (SSSR count). The first-order valence-corrected chi connectivity index (χ1v) is 13.2. The average Bonchev–Trinajstić information content (AvgIpc) is 3.19. The van der Waals surface area contributed by atoms with Gasteiger partial charge in [0.15, 0.2) is 11.5 Å². The Bertz CT molecular complexity index is 1250. The number of halogens is 1. The number of aliphatic imine (C=N–C) groups is 1. The van der Waals surface area contributed by atoms with Crippen molar-refractivity contribution < 1.29 is 9.47 Å². The standard InChI is InChI=1S/C29H31ClN2O2S/c1-5-33-25-14-20(13-24(30)27(25)34-18-19-9-7-6-8-10-19)17-32-28-23(16-31)22-12-11-21(29(2,3)4)15-26(22)35-28/h6-10,13-14,17,21H,5,11-12,15,18H2,1-4H3/t21-/m0/s1. The van der Waals surface area contributed by atoms with Gasteiger partial charge in [-0.1, -0.05) is 62.7 Å². The third kappa shape index (κ3) is 5.89. The molecule has 3 aromatic rings. The molecule has 1 aliphatic carbocycles. The topological polar surface area (TPSA) is 54.6 Å². The van der Waals surface area contributed by atoms with Gasteiger partial charge >= 0.3 is 0 Å². The van der Waals surface area contributed by atoms with E-state index in [4.69, 9.17) is 26.1 Å². The molecule has 35 heavy (non-hydrogen) atoms. The van der Waals surface area contributed by atoms with Crippen LogP contribution < -0.4 is 9.47 Å². The van der Waals surface area contributed by atoms with Crippen molar-refractivity contribution in [3.8, 4) is 17.6 Å². The molecular weight excluding hydrogens is 476 g/mol. The van der Waals surface area contributed by atoms with E-state index < -0.39 is 0 Å². The Balaban J connectivity index is 1.58. The summed E-state index contributed by atoms with van der Waals surface area (Å²) in [4.78, 5) is 6.02. The molecule has 1 atom stereocenters. The summed E-state index contributed by atoms with van der Waals surface area (Å²) >= 11 is 8.25. The van der Waals surface area contributed by atoms with Gasteiger partial charge in [-0.25, -0.2) is 4.99 Å². The van der Waals surface area contributed by atoms with E-state index in [1.165, 1.54) is 10.4 Å². The van der Waals surface area contributed by atoms with Crippen LogP contribution in [0.3, 0.4) is 0 Å². The number of hydrogen-bond donors (Lipinski definition) is 0. The van der Waals surface area contributed by atoms with E-state index in [2.05, 4.69) is 26.8 Å². The molecule has 1 aliphatic rings.